The molecule has 0 bridgehead atoms. The van der Waals surface area contributed by atoms with Gasteiger partial charge in [-0.05, 0) is 39.2 Å². The fourth-order valence-electron chi connectivity index (χ4n) is 3.07. The lowest BCUT2D eigenvalue weighted by atomic mass is 9.79. The van der Waals surface area contributed by atoms with E-state index in [1.54, 1.807) is 0 Å². The molecule has 2 fully saturated rings. The van der Waals surface area contributed by atoms with Crippen LogP contribution < -0.4 is 5.32 Å². The summed E-state index contributed by atoms with van der Waals surface area (Å²) in [5.41, 5.74) is -0.296. The van der Waals surface area contributed by atoms with E-state index in [0.29, 0.717) is 6.04 Å². The largest absolute Gasteiger partial charge is 0.380 e. The lowest BCUT2D eigenvalue weighted by Crippen LogP contribution is -2.52. The van der Waals surface area contributed by atoms with E-state index in [0.717, 1.165) is 52.0 Å². The van der Waals surface area contributed by atoms with Gasteiger partial charge in [-0.3, -0.25) is 4.90 Å². The van der Waals surface area contributed by atoms with Crippen LogP contribution >= 0.6 is 0 Å². The highest BCUT2D eigenvalue weighted by Gasteiger charge is 2.37. The molecule has 1 N–H and O–H groups in total. The van der Waals surface area contributed by atoms with Crippen LogP contribution in [0, 0.1) is 11.3 Å². The van der Waals surface area contributed by atoms with Crippen LogP contribution in [0.25, 0.3) is 0 Å². The molecule has 2 atom stereocenters. The summed E-state index contributed by atoms with van der Waals surface area (Å²) in [7, 11) is 1.91. The van der Waals surface area contributed by atoms with Gasteiger partial charge in [-0.25, -0.2) is 0 Å². The predicted octanol–water partition coefficient (Wildman–Crippen LogP) is 1.13. The zero-order valence-electron chi connectivity index (χ0n) is 10.7. The number of nitriles is 1. The van der Waals surface area contributed by atoms with E-state index in [-0.39, 0.29) is 5.54 Å². The molecule has 4 nitrogen and oxygen atoms in total. The zero-order valence-corrected chi connectivity index (χ0v) is 10.7. The monoisotopic (exact) mass is 237 g/mol. The lowest BCUT2D eigenvalue weighted by Gasteiger charge is -2.40. The van der Waals surface area contributed by atoms with Crippen molar-refractivity contribution < 1.29 is 4.74 Å². The molecule has 17 heavy (non-hydrogen) atoms. The van der Waals surface area contributed by atoms with Crippen molar-refractivity contribution in [2.75, 3.05) is 33.4 Å². The Bertz CT molecular complexity index is 281. The Balaban J connectivity index is 1.98. The van der Waals surface area contributed by atoms with Gasteiger partial charge in [0.1, 0.15) is 5.54 Å². The van der Waals surface area contributed by atoms with Crippen molar-refractivity contribution in [2.24, 2.45) is 0 Å². The van der Waals surface area contributed by atoms with E-state index in [9.17, 15) is 5.26 Å². The molecular weight excluding hydrogens is 214 g/mol. The van der Waals surface area contributed by atoms with E-state index in [2.05, 4.69) is 16.3 Å². The molecule has 0 aromatic rings. The van der Waals surface area contributed by atoms with Crippen molar-refractivity contribution in [3.05, 3.63) is 0 Å². The third-order valence-corrected chi connectivity index (χ3v) is 4.19. The first-order chi connectivity index (χ1) is 8.29. The van der Waals surface area contributed by atoms with Crippen LogP contribution in [0.4, 0.5) is 0 Å². The minimum Gasteiger partial charge on any atom is -0.380 e. The van der Waals surface area contributed by atoms with Crippen molar-refractivity contribution >= 4 is 0 Å². The van der Waals surface area contributed by atoms with E-state index in [4.69, 9.17) is 4.74 Å². The molecule has 0 amide bonds. The highest BCUT2D eigenvalue weighted by atomic mass is 16.5. The highest BCUT2D eigenvalue weighted by Crippen LogP contribution is 2.31. The van der Waals surface area contributed by atoms with Gasteiger partial charge in [-0.2, -0.15) is 5.26 Å². The molecule has 2 aliphatic rings. The van der Waals surface area contributed by atoms with Gasteiger partial charge in [0, 0.05) is 25.7 Å². The molecule has 4 heteroatoms. The standard InChI is InChI=1S/C13H23N3O/c1-15-13(11-14)5-2-4-12(10-13)16-6-3-8-17-9-7-16/h12,15H,2-10H2,1H3. The van der Waals surface area contributed by atoms with Gasteiger partial charge in [-0.1, -0.05) is 0 Å². The quantitative estimate of drug-likeness (QED) is 0.782. The van der Waals surface area contributed by atoms with Crippen molar-refractivity contribution in [2.45, 2.75) is 43.7 Å². The van der Waals surface area contributed by atoms with Gasteiger partial charge in [0.25, 0.3) is 0 Å². The van der Waals surface area contributed by atoms with Crippen molar-refractivity contribution in [3.63, 3.8) is 0 Å². The SMILES string of the molecule is CNC1(C#N)CCCC(N2CCCOCC2)C1. The summed E-state index contributed by atoms with van der Waals surface area (Å²) < 4.78 is 5.50. The van der Waals surface area contributed by atoms with Crippen molar-refractivity contribution in [1.82, 2.24) is 10.2 Å². The Morgan fingerprint density at radius 1 is 1.35 bits per heavy atom. The van der Waals surface area contributed by atoms with Crippen LogP contribution in [-0.2, 0) is 4.74 Å². The first-order valence-corrected chi connectivity index (χ1v) is 6.72. The number of ether oxygens (including phenoxy) is 1. The average molecular weight is 237 g/mol. The minimum absolute atomic E-state index is 0.296. The third kappa shape index (κ3) is 2.98. The summed E-state index contributed by atoms with van der Waals surface area (Å²) >= 11 is 0. The molecule has 96 valence electrons. The number of rotatable bonds is 2. The van der Waals surface area contributed by atoms with E-state index in [1.807, 2.05) is 7.05 Å². The normalized spacial score (nSPS) is 36.1. The topological polar surface area (TPSA) is 48.3 Å². The molecule has 1 aliphatic heterocycles. The minimum atomic E-state index is -0.296. The van der Waals surface area contributed by atoms with Crippen LogP contribution in [0.3, 0.4) is 0 Å². The Morgan fingerprint density at radius 2 is 2.24 bits per heavy atom. The maximum atomic E-state index is 9.36. The maximum Gasteiger partial charge on any atom is 0.108 e. The number of hydrogen-bond acceptors (Lipinski definition) is 4. The van der Waals surface area contributed by atoms with Gasteiger partial charge in [0.15, 0.2) is 0 Å². The second kappa shape index (κ2) is 5.81. The van der Waals surface area contributed by atoms with Gasteiger partial charge in [0.2, 0.25) is 0 Å². The fourth-order valence-corrected chi connectivity index (χ4v) is 3.07. The van der Waals surface area contributed by atoms with Crippen LogP contribution in [0.2, 0.25) is 0 Å². The molecule has 1 heterocycles. The van der Waals surface area contributed by atoms with Crippen LogP contribution in [0.1, 0.15) is 32.1 Å². The molecule has 0 aromatic carbocycles. The van der Waals surface area contributed by atoms with Gasteiger partial charge in [0.05, 0.1) is 12.7 Å². The second-order valence-electron chi connectivity index (χ2n) is 5.20. The van der Waals surface area contributed by atoms with E-state index >= 15 is 0 Å². The van der Waals surface area contributed by atoms with Crippen LogP contribution in [0.5, 0.6) is 0 Å². The zero-order chi connectivity index (χ0) is 12.1. The molecule has 1 saturated carbocycles. The Morgan fingerprint density at radius 3 is 3.00 bits per heavy atom. The average Bonchev–Trinajstić information content (AvgIpc) is 2.67. The maximum absolute atomic E-state index is 9.36. The third-order valence-electron chi connectivity index (χ3n) is 4.19. The summed E-state index contributed by atoms with van der Waals surface area (Å²) in [4.78, 5) is 2.52. The van der Waals surface area contributed by atoms with Gasteiger partial charge >= 0.3 is 0 Å². The first-order valence-electron chi connectivity index (χ1n) is 6.72. The molecule has 0 aromatic heterocycles. The van der Waals surface area contributed by atoms with Crippen molar-refractivity contribution in [1.29, 1.82) is 5.26 Å². The lowest BCUT2D eigenvalue weighted by molar-refractivity contribution is 0.105. The predicted molar refractivity (Wildman–Crippen MR) is 66.7 cm³/mol. The Kier molecular flexibility index (Phi) is 4.38. The molecule has 1 saturated heterocycles. The van der Waals surface area contributed by atoms with Crippen LogP contribution in [-0.4, -0.2) is 49.8 Å². The fraction of sp³-hybridized carbons (Fsp3) is 0.923. The Labute approximate surface area is 104 Å². The van der Waals surface area contributed by atoms with Gasteiger partial charge in [-0.15, -0.1) is 0 Å². The highest BCUT2D eigenvalue weighted by molar-refractivity contribution is 5.10. The number of hydrogen-bond donors (Lipinski definition) is 1. The number of nitrogens with zero attached hydrogens (tertiary/aromatic N) is 2. The van der Waals surface area contributed by atoms with E-state index < -0.39 is 0 Å². The van der Waals surface area contributed by atoms with Crippen LogP contribution in [0.15, 0.2) is 0 Å². The van der Waals surface area contributed by atoms with Gasteiger partial charge < -0.3 is 10.1 Å². The smallest absolute Gasteiger partial charge is 0.108 e. The van der Waals surface area contributed by atoms with E-state index in [1.165, 1.54) is 6.42 Å². The first kappa shape index (κ1) is 12.8. The molecule has 1 aliphatic carbocycles. The molecular formula is C13H23N3O. The summed E-state index contributed by atoms with van der Waals surface area (Å²) in [5.74, 6) is 0. The summed E-state index contributed by atoms with van der Waals surface area (Å²) in [5, 5.41) is 12.6. The second-order valence-corrected chi connectivity index (χ2v) is 5.20. The molecule has 2 unspecified atom stereocenters. The Hall–Kier alpha value is -0.630. The summed E-state index contributed by atoms with van der Waals surface area (Å²) in [6.45, 7) is 3.88. The molecule has 2 rings (SSSR count). The van der Waals surface area contributed by atoms with Crippen molar-refractivity contribution in [3.8, 4) is 6.07 Å². The molecule has 0 spiro atoms. The summed E-state index contributed by atoms with van der Waals surface area (Å²) in [6.07, 6.45) is 5.44. The summed E-state index contributed by atoms with van der Waals surface area (Å²) in [6, 6.07) is 3.04. The molecule has 0 radical (unpaired) electrons. The number of nitrogens with one attached hydrogen (secondary N) is 1.